The molecule has 1 aliphatic heterocycles. The second-order valence-electron chi connectivity index (χ2n) is 8.74. The number of rotatable bonds is 3. The molecule has 27 heavy (non-hydrogen) atoms. The molecule has 1 fully saturated rings. The van der Waals surface area contributed by atoms with E-state index in [-0.39, 0.29) is 10.2 Å². The third-order valence-corrected chi connectivity index (χ3v) is 8.10. The molecule has 0 radical (unpaired) electrons. The molecule has 144 valence electrons. The summed E-state index contributed by atoms with van der Waals surface area (Å²) in [6.07, 6.45) is 3.63. The van der Waals surface area contributed by atoms with Crippen LogP contribution in [0.1, 0.15) is 45.6 Å². The Morgan fingerprint density at radius 3 is 2.56 bits per heavy atom. The highest BCUT2D eigenvalue weighted by atomic mass is 35.5. The van der Waals surface area contributed by atoms with Crippen LogP contribution in [0.15, 0.2) is 47.4 Å². The normalized spacial score (nSPS) is 28.6. The first-order valence-corrected chi connectivity index (χ1v) is 10.9. The van der Waals surface area contributed by atoms with Crippen molar-refractivity contribution in [2.75, 3.05) is 12.4 Å². The van der Waals surface area contributed by atoms with Gasteiger partial charge in [-0.15, -0.1) is 11.8 Å². The fourth-order valence-corrected chi connectivity index (χ4v) is 6.48. The Labute approximate surface area is 172 Å². The van der Waals surface area contributed by atoms with Gasteiger partial charge >= 0.3 is 0 Å². The lowest BCUT2D eigenvalue weighted by Crippen LogP contribution is -2.52. The van der Waals surface area contributed by atoms with Gasteiger partial charge in [0.1, 0.15) is 5.75 Å². The molecule has 2 aromatic carbocycles. The molecule has 0 amide bonds. The summed E-state index contributed by atoms with van der Waals surface area (Å²) in [5, 5.41) is 4.68. The van der Waals surface area contributed by atoms with Crippen LogP contribution in [0.5, 0.6) is 5.75 Å². The van der Waals surface area contributed by atoms with Crippen molar-refractivity contribution in [2.24, 2.45) is 5.92 Å². The molecule has 4 rings (SSSR count). The Morgan fingerprint density at radius 2 is 1.85 bits per heavy atom. The number of benzene rings is 2. The Hall–Kier alpha value is -1.32. The highest BCUT2D eigenvalue weighted by molar-refractivity contribution is 8.00. The lowest BCUT2D eigenvalue weighted by atomic mass is 9.61. The Kier molecular flexibility index (Phi) is 4.88. The van der Waals surface area contributed by atoms with Crippen molar-refractivity contribution in [3.05, 3.63) is 53.1 Å². The van der Waals surface area contributed by atoms with E-state index < -0.39 is 0 Å². The van der Waals surface area contributed by atoms with Crippen molar-refractivity contribution in [1.82, 2.24) is 0 Å². The summed E-state index contributed by atoms with van der Waals surface area (Å²) in [7, 11) is 1.71. The third kappa shape index (κ3) is 3.56. The number of nitrogens with one attached hydrogen (secondary N) is 1. The first-order valence-electron chi connectivity index (χ1n) is 9.70. The SMILES string of the molecule is COc1ccc(S[C@@]2(C)CC[C@@H]3[C@H](C2)Nc2ccc(Cl)cc2C3(C)C)cc1. The molecule has 2 nitrogen and oxygen atoms in total. The molecular formula is C23H28ClNOS. The molecule has 0 saturated heterocycles. The topological polar surface area (TPSA) is 21.3 Å². The monoisotopic (exact) mass is 401 g/mol. The van der Waals surface area contributed by atoms with Crippen LogP contribution < -0.4 is 10.1 Å². The second-order valence-corrected chi connectivity index (χ2v) is 10.8. The van der Waals surface area contributed by atoms with E-state index in [1.807, 2.05) is 17.8 Å². The molecule has 4 heteroatoms. The summed E-state index contributed by atoms with van der Waals surface area (Å²) in [4.78, 5) is 1.32. The van der Waals surface area contributed by atoms with Gasteiger partial charge in [0.05, 0.1) is 7.11 Å². The van der Waals surface area contributed by atoms with Crippen LogP contribution in [0.2, 0.25) is 5.02 Å². The molecule has 0 spiro atoms. The maximum absolute atomic E-state index is 6.30. The van der Waals surface area contributed by atoms with Gasteiger partial charge in [0.25, 0.3) is 0 Å². The number of anilines is 1. The van der Waals surface area contributed by atoms with Gasteiger partial charge in [-0.2, -0.15) is 0 Å². The zero-order valence-corrected chi connectivity index (χ0v) is 18.1. The quantitative estimate of drug-likeness (QED) is 0.612. The van der Waals surface area contributed by atoms with E-state index in [2.05, 4.69) is 62.5 Å². The van der Waals surface area contributed by atoms with Gasteiger partial charge in [-0.05, 0) is 78.6 Å². The molecule has 0 bridgehead atoms. The average Bonchev–Trinajstić information content (AvgIpc) is 2.63. The van der Waals surface area contributed by atoms with Gasteiger partial charge in [0.2, 0.25) is 0 Å². The van der Waals surface area contributed by atoms with Crippen LogP contribution in [0.25, 0.3) is 0 Å². The predicted molar refractivity (Wildman–Crippen MR) is 116 cm³/mol. The highest BCUT2D eigenvalue weighted by Crippen LogP contribution is 2.54. The number of fused-ring (bicyclic) bond motifs is 2. The molecule has 1 saturated carbocycles. The van der Waals surface area contributed by atoms with E-state index in [1.165, 1.54) is 35.4 Å². The number of hydrogen-bond donors (Lipinski definition) is 1. The van der Waals surface area contributed by atoms with Crippen molar-refractivity contribution in [3.8, 4) is 5.75 Å². The van der Waals surface area contributed by atoms with Crippen LogP contribution in [-0.2, 0) is 5.41 Å². The fourth-order valence-electron chi connectivity index (χ4n) is 4.98. The lowest BCUT2D eigenvalue weighted by molar-refractivity contribution is 0.186. The van der Waals surface area contributed by atoms with Crippen LogP contribution in [0.4, 0.5) is 5.69 Å². The second kappa shape index (κ2) is 6.93. The van der Waals surface area contributed by atoms with Gasteiger partial charge in [0.15, 0.2) is 0 Å². The molecule has 1 heterocycles. The summed E-state index contributed by atoms with van der Waals surface area (Å²) in [6, 6.07) is 15.3. The van der Waals surface area contributed by atoms with Crippen LogP contribution in [-0.4, -0.2) is 17.9 Å². The van der Waals surface area contributed by atoms with Crippen LogP contribution >= 0.6 is 23.4 Å². The third-order valence-electron chi connectivity index (χ3n) is 6.49. The molecule has 1 N–H and O–H groups in total. The standard InChI is InChI=1S/C23H28ClNOS/c1-22(2)18-11-12-23(3,27-17-8-6-16(26-4)7-9-17)14-21(18)25-20-10-5-15(24)13-19(20)22/h5-10,13,18,21,25H,11-12,14H2,1-4H3/t18-,21+,23+/m1/s1. The molecule has 1 aliphatic carbocycles. The summed E-state index contributed by atoms with van der Waals surface area (Å²) in [5.41, 5.74) is 2.76. The first kappa shape index (κ1) is 19.0. The van der Waals surface area contributed by atoms with Gasteiger partial charge in [-0.3, -0.25) is 0 Å². The van der Waals surface area contributed by atoms with Crippen molar-refractivity contribution in [3.63, 3.8) is 0 Å². The van der Waals surface area contributed by atoms with Gasteiger partial charge in [0, 0.05) is 26.4 Å². The molecule has 3 atom stereocenters. The van der Waals surface area contributed by atoms with E-state index in [4.69, 9.17) is 16.3 Å². The maximum Gasteiger partial charge on any atom is 0.118 e. The Balaban J connectivity index is 1.56. The smallest absolute Gasteiger partial charge is 0.118 e. The van der Waals surface area contributed by atoms with Crippen LogP contribution in [0, 0.1) is 5.92 Å². The van der Waals surface area contributed by atoms with E-state index >= 15 is 0 Å². The van der Waals surface area contributed by atoms with Gasteiger partial charge < -0.3 is 10.1 Å². The average molecular weight is 402 g/mol. The van der Waals surface area contributed by atoms with Crippen molar-refractivity contribution >= 4 is 29.1 Å². The number of ether oxygens (including phenoxy) is 1. The Morgan fingerprint density at radius 1 is 1.11 bits per heavy atom. The molecule has 0 aromatic heterocycles. The molecule has 0 unspecified atom stereocenters. The predicted octanol–water partition coefficient (Wildman–Crippen LogP) is 6.77. The number of thioether (sulfide) groups is 1. The van der Waals surface area contributed by atoms with E-state index in [0.29, 0.717) is 12.0 Å². The van der Waals surface area contributed by atoms with Crippen LogP contribution in [0.3, 0.4) is 0 Å². The summed E-state index contributed by atoms with van der Waals surface area (Å²) in [6.45, 7) is 7.20. The van der Waals surface area contributed by atoms with Crippen molar-refractivity contribution in [1.29, 1.82) is 0 Å². The minimum absolute atomic E-state index is 0.141. The summed E-state index contributed by atoms with van der Waals surface area (Å²) in [5.74, 6) is 1.55. The summed E-state index contributed by atoms with van der Waals surface area (Å²) < 4.78 is 5.53. The van der Waals surface area contributed by atoms with Crippen molar-refractivity contribution in [2.45, 2.75) is 61.1 Å². The van der Waals surface area contributed by atoms with Gasteiger partial charge in [-0.25, -0.2) is 0 Å². The zero-order valence-electron chi connectivity index (χ0n) is 16.5. The molecule has 2 aromatic rings. The van der Waals surface area contributed by atoms with E-state index in [0.717, 1.165) is 10.8 Å². The highest BCUT2D eigenvalue weighted by Gasteiger charge is 2.48. The largest absolute Gasteiger partial charge is 0.497 e. The lowest BCUT2D eigenvalue weighted by Gasteiger charge is -2.52. The van der Waals surface area contributed by atoms with E-state index in [1.54, 1.807) is 7.11 Å². The van der Waals surface area contributed by atoms with E-state index in [9.17, 15) is 0 Å². The maximum atomic E-state index is 6.30. The number of methoxy groups -OCH3 is 1. The van der Waals surface area contributed by atoms with Crippen molar-refractivity contribution < 1.29 is 4.74 Å². The minimum Gasteiger partial charge on any atom is -0.497 e. The molecular weight excluding hydrogens is 374 g/mol. The fraction of sp³-hybridized carbons (Fsp3) is 0.478. The minimum atomic E-state index is 0.141. The molecule has 2 aliphatic rings. The van der Waals surface area contributed by atoms with Gasteiger partial charge in [-0.1, -0.05) is 32.4 Å². The first-order chi connectivity index (χ1) is 12.8. The number of hydrogen-bond acceptors (Lipinski definition) is 3. The summed E-state index contributed by atoms with van der Waals surface area (Å²) >= 11 is 8.31. The zero-order chi connectivity index (χ0) is 19.2. The Bertz CT molecular complexity index is 835. The number of halogens is 1.